The van der Waals surface area contributed by atoms with Crippen molar-refractivity contribution in [3.63, 3.8) is 0 Å². The highest BCUT2D eigenvalue weighted by atomic mass is 19.4. The van der Waals surface area contributed by atoms with Gasteiger partial charge in [0.2, 0.25) is 11.9 Å². The van der Waals surface area contributed by atoms with Crippen LogP contribution in [-0.4, -0.2) is 37.4 Å². The van der Waals surface area contributed by atoms with Gasteiger partial charge in [-0.15, -0.1) is 0 Å². The molecule has 3 aromatic rings. The Morgan fingerprint density at radius 3 is 2.31 bits per heavy atom. The number of halogens is 8. The van der Waals surface area contributed by atoms with E-state index in [0.29, 0.717) is 12.1 Å². The van der Waals surface area contributed by atoms with Crippen molar-refractivity contribution in [1.29, 1.82) is 0 Å². The fourth-order valence-electron chi connectivity index (χ4n) is 3.03. The fourth-order valence-corrected chi connectivity index (χ4v) is 3.03. The minimum atomic E-state index is -4.78. The largest absolute Gasteiger partial charge is 0.433 e. The Kier molecular flexibility index (Phi) is 6.02. The predicted molar refractivity (Wildman–Crippen MR) is 107 cm³/mol. The Bertz CT molecular complexity index is 1260. The number of allylic oxidation sites excluding steroid dienone is 1. The van der Waals surface area contributed by atoms with Gasteiger partial charge in [0.1, 0.15) is 17.1 Å². The van der Waals surface area contributed by atoms with Crippen molar-refractivity contribution < 1.29 is 35.1 Å². The number of anilines is 3. The second-order valence-corrected chi connectivity index (χ2v) is 7.31. The van der Waals surface area contributed by atoms with E-state index < -0.39 is 54.4 Å². The van der Waals surface area contributed by atoms with Gasteiger partial charge in [0.05, 0.1) is 6.54 Å². The summed E-state index contributed by atoms with van der Waals surface area (Å²) in [6.07, 6.45) is -6.79. The molecule has 0 atom stereocenters. The Balaban J connectivity index is 1.78. The summed E-state index contributed by atoms with van der Waals surface area (Å²) in [6.45, 7) is -0.837. The molecule has 3 aromatic heterocycles. The van der Waals surface area contributed by atoms with Crippen LogP contribution in [0.4, 0.5) is 52.7 Å². The molecule has 0 unspecified atom stereocenters. The molecule has 184 valence electrons. The second kappa shape index (κ2) is 8.70. The summed E-state index contributed by atoms with van der Waals surface area (Å²) < 4.78 is 106. The normalized spacial score (nSPS) is 15.8. The van der Waals surface area contributed by atoms with E-state index in [4.69, 9.17) is 0 Å². The van der Waals surface area contributed by atoms with E-state index in [1.165, 1.54) is 6.20 Å². The van der Waals surface area contributed by atoms with E-state index >= 15 is 0 Å². The van der Waals surface area contributed by atoms with Gasteiger partial charge >= 0.3 is 12.4 Å². The molecule has 0 aromatic carbocycles. The van der Waals surface area contributed by atoms with Gasteiger partial charge in [0.15, 0.2) is 5.82 Å². The lowest BCUT2D eigenvalue weighted by Crippen LogP contribution is -2.37. The number of pyridine rings is 2. The number of nitrogens with zero attached hydrogens (tertiary/aromatic N) is 6. The zero-order chi connectivity index (χ0) is 25.4. The van der Waals surface area contributed by atoms with Crippen molar-refractivity contribution in [2.45, 2.75) is 24.7 Å². The summed E-state index contributed by atoms with van der Waals surface area (Å²) in [7, 11) is 0. The zero-order valence-corrected chi connectivity index (χ0v) is 17.2. The molecule has 4 heterocycles. The average molecular weight is 503 g/mol. The van der Waals surface area contributed by atoms with Crippen molar-refractivity contribution in [2.24, 2.45) is 0 Å². The van der Waals surface area contributed by atoms with Crippen LogP contribution in [0.15, 0.2) is 48.8 Å². The van der Waals surface area contributed by atoms with Gasteiger partial charge in [-0.3, -0.25) is 4.98 Å². The molecule has 1 N–H and O–H groups in total. The molecule has 1 aliphatic rings. The van der Waals surface area contributed by atoms with Crippen LogP contribution in [0.5, 0.6) is 0 Å². The number of rotatable bonds is 4. The highest BCUT2D eigenvalue weighted by Gasteiger charge is 2.35. The van der Waals surface area contributed by atoms with Crippen LogP contribution in [0.2, 0.25) is 0 Å². The number of alkyl halides is 8. The minimum Gasteiger partial charge on any atom is -0.324 e. The molecular weight excluding hydrogens is 490 g/mol. The monoisotopic (exact) mass is 503 g/mol. The van der Waals surface area contributed by atoms with Gasteiger partial charge in [0.25, 0.3) is 5.92 Å². The smallest absolute Gasteiger partial charge is 0.324 e. The molecule has 15 heteroatoms. The molecule has 0 spiro atoms. The molecule has 4 rings (SSSR count). The van der Waals surface area contributed by atoms with E-state index in [9.17, 15) is 35.1 Å². The third-order valence-electron chi connectivity index (χ3n) is 4.56. The molecule has 0 aliphatic carbocycles. The summed E-state index contributed by atoms with van der Waals surface area (Å²) in [4.78, 5) is 19.5. The maximum atomic E-state index is 13.9. The summed E-state index contributed by atoms with van der Waals surface area (Å²) >= 11 is 0. The maximum absolute atomic E-state index is 13.9. The van der Waals surface area contributed by atoms with E-state index in [0.717, 1.165) is 35.4 Å². The molecule has 0 bridgehead atoms. The number of aromatic nitrogens is 5. The molecular formula is C20H13F8N7. The van der Waals surface area contributed by atoms with Gasteiger partial charge < -0.3 is 10.2 Å². The molecule has 0 saturated heterocycles. The molecule has 1 aliphatic heterocycles. The molecule has 35 heavy (non-hydrogen) atoms. The van der Waals surface area contributed by atoms with Gasteiger partial charge in [-0.1, -0.05) is 12.1 Å². The van der Waals surface area contributed by atoms with Crippen molar-refractivity contribution in [2.75, 3.05) is 16.8 Å². The Morgan fingerprint density at radius 1 is 0.886 bits per heavy atom. The molecule has 7 nitrogen and oxygen atoms in total. The first-order valence-electron chi connectivity index (χ1n) is 9.72. The van der Waals surface area contributed by atoms with Crippen LogP contribution >= 0.6 is 0 Å². The van der Waals surface area contributed by atoms with Gasteiger partial charge in [-0.25, -0.2) is 13.8 Å². The summed E-state index contributed by atoms with van der Waals surface area (Å²) in [5.41, 5.74) is -2.99. The lowest BCUT2D eigenvalue weighted by molar-refractivity contribution is -0.141. The highest BCUT2D eigenvalue weighted by molar-refractivity contribution is 5.60. The first kappa shape index (κ1) is 24.2. The van der Waals surface area contributed by atoms with Crippen LogP contribution in [0.25, 0.3) is 11.5 Å². The van der Waals surface area contributed by atoms with Crippen molar-refractivity contribution in [3.8, 4) is 11.5 Å². The van der Waals surface area contributed by atoms with Crippen molar-refractivity contribution in [1.82, 2.24) is 24.9 Å². The van der Waals surface area contributed by atoms with Crippen molar-refractivity contribution in [3.05, 3.63) is 60.2 Å². The van der Waals surface area contributed by atoms with Gasteiger partial charge in [-0.2, -0.15) is 41.3 Å². The molecule has 0 fully saturated rings. The third-order valence-corrected chi connectivity index (χ3v) is 4.56. The average Bonchev–Trinajstić information content (AvgIpc) is 2.77. The number of hydrogen-bond donors (Lipinski definition) is 1. The first-order chi connectivity index (χ1) is 16.3. The lowest BCUT2D eigenvalue weighted by Gasteiger charge is -2.28. The predicted octanol–water partition coefficient (Wildman–Crippen LogP) is 5.47. The zero-order valence-electron chi connectivity index (χ0n) is 17.2. The van der Waals surface area contributed by atoms with Crippen LogP contribution in [0.3, 0.4) is 0 Å². The Labute approximate surface area is 191 Å². The Morgan fingerprint density at radius 2 is 1.63 bits per heavy atom. The highest BCUT2D eigenvalue weighted by Crippen LogP contribution is 2.32. The van der Waals surface area contributed by atoms with E-state index in [-0.39, 0.29) is 17.3 Å². The summed E-state index contributed by atoms with van der Waals surface area (Å²) in [6, 6.07) is 4.74. The fraction of sp³-hybridized carbons (Fsp3) is 0.250. The van der Waals surface area contributed by atoms with Crippen molar-refractivity contribution >= 4 is 17.6 Å². The second-order valence-electron chi connectivity index (χ2n) is 7.31. The van der Waals surface area contributed by atoms with Gasteiger partial charge in [-0.05, 0) is 24.3 Å². The molecule has 0 saturated carbocycles. The van der Waals surface area contributed by atoms with E-state index in [1.807, 2.05) is 0 Å². The lowest BCUT2D eigenvalue weighted by atomic mass is 10.2. The SMILES string of the molecule is FC1(F)CC=CN(c2nc(Nc3ccnc(C(F)(F)F)c3)nc(-c3cccc(C(F)(F)F)n3)n2)C1. The Hall–Kier alpha value is -3.91. The minimum absolute atomic E-state index is 0.160. The quantitative estimate of drug-likeness (QED) is 0.473. The summed E-state index contributed by atoms with van der Waals surface area (Å²) in [5, 5.41) is 2.48. The third kappa shape index (κ3) is 5.78. The standard InChI is InChI=1S/C20H13F8N7/c21-18(22)6-2-8-35(10-18)17-33-15(12-3-1-4-13(31-12)19(23,24)25)32-16(34-17)30-11-5-7-29-14(9-11)20(26,27)28/h1-5,7-9H,6,10H2,(H,29,30,32,33,34). The van der Waals surface area contributed by atoms with E-state index in [2.05, 4.69) is 30.2 Å². The topological polar surface area (TPSA) is 79.7 Å². The van der Waals surface area contributed by atoms with Crippen LogP contribution in [-0.2, 0) is 12.4 Å². The van der Waals surface area contributed by atoms with Crippen LogP contribution in [0, 0.1) is 0 Å². The summed E-state index contributed by atoms with van der Waals surface area (Å²) in [5.74, 6) is -4.35. The number of nitrogens with one attached hydrogen (secondary N) is 1. The van der Waals surface area contributed by atoms with E-state index in [1.54, 1.807) is 0 Å². The number of hydrogen-bond acceptors (Lipinski definition) is 7. The van der Waals surface area contributed by atoms with Crippen LogP contribution in [0.1, 0.15) is 17.8 Å². The van der Waals surface area contributed by atoms with Gasteiger partial charge in [0, 0.05) is 24.5 Å². The van der Waals surface area contributed by atoms with Crippen LogP contribution < -0.4 is 10.2 Å². The first-order valence-corrected chi connectivity index (χ1v) is 9.72. The molecule has 0 radical (unpaired) electrons. The molecule has 0 amide bonds. The maximum Gasteiger partial charge on any atom is 0.433 e.